The van der Waals surface area contributed by atoms with Crippen LogP contribution in [0.3, 0.4) is 0 Å². The number of nitrogens with zero attached hydrogens (tertiary/aromatic N) is 2. The summed E-state index contributed by atoms with van der Waals surface area (Å²) < 4.78 is 0. The molecule has 0 aromatic carbocycles. The maximum Gasteiger partial charge on any atom is 0.239 e. The molecule has 0 bridgehead atoms. The van der Waals surface area contributed by atoms with Gasteiger partial charge in [0.25, 0.3) is 0 Å². The van der Waals surface area contributed by atoms with Crippen molar-refractivity contribution in [2.45, 2.75) is 37.8 Å². The van der Waals surface area contributed by atoms with Crippen LogP contribution < -0.4 is 5.32 Å². The van der Waals surface area contributed by atoms with Gasteiger partial charge in [0, 0.05) is 19.1 Å². The number of likely N-dealkylation sites (tertiary alicyclic amines) is 1. The van der Waals surface area contributed by atoms with Crippen LogP contribution in [0.15, 0.2) is 0 Å². The second-order valence-electron chi connectivity index (χ2n) is 5.17. The predicted octanol–water partition coefficient (Wildman–Crippen LogP) is 1.13. The number of carbonyl (C=O) groups excluding carboxylic acids is 1. The molecule has 0 saturated carbocycles. The van der Waals surface area contributed by atoms with Gasteiger partial charge in [0.05, 0.1) is 6.04 Å². The number of piperidine rings is 1. The third-order valence-corrected chi connectivity index (χ3v) is 3.86. The van der Waals surface area contributed by atoms with Crippen molar-refractivity contribution in [3.05, 3.63) is 0 Å². The number of carbonyl (C=O) groups is 1. The molecule has 1 N–H and O–H groups in total. The molecule has 0 unspecified atom stereocenters. The van der Waals surface area contributed by atoms with Gasteiger partial charge in [-0.1, -0.05) is 0 Å². The fourth-order valence-corrected chi connectivity index (χ4v) is 2.72. The third-order valence-electron chi connectivity index (χ3n) is 3.86. The SMILES string of the molecule is CN(C)C1CCN(C(=O)[C@@H]2CCCN2)CC1.Cl.Cl. The lowest BCUT2D eigenvalue weighted by molar-refractivity contribution is -0.134. The molecule has 2 aliphatic heterocycles. The van der Waals surface area contributed by atoms with E-state index >= 15 is 0 Å². The van der Waals surface area contributed by atoms with E-state index in [1.165, 1.54) is 0 Å². The van der Waals surface area contributed by atoms with E-state index in [1.807, 2.05) is 4.90 Å². The highest BCUT2D eigenvalue weighted by Gasteiger charge is 2.30. The van der Waals surface area contributed by atoms with E-state index in [-0.39, 0.29) is 30.9 Å². The van der Waals surface area contributed by atoms with Crippen LogP contribution in [0.2, 0.25) is 0 Å². The third kappa shape index (κ3) is 4.26. The number of rotatable bonds is 2. The Hall–Kier alpha value is -0.0300. The van der Waals surface area contributed by atoms with Crippen LogP contribution >= 0.6 is 24.8 Å². The zero-order valence-electron chi connectivity index (χ0n) is 11.2. The van der Waals surface area contributed by atoms with Crippen molar-refractivity contribution in [2.75, 3.05) is 33.7 Å². The van der Waals surface area contributed by atoms with Crippen molar-refractivity contribution in [1.29, 1.82) is 0 Å². The first kappa shape index (κ1) is 18.0. The van der Waals surface area contributed by atoms with Crippen molar-refractivity contribution < 1.29 is 4.79 Å². The summed E-state index contributed by atoms with van der Waals surface area (Å²) in [5, 5.41) is 3.29. The van der Waals surface area contributed by atoms with E-state index < -0.39 is 0 Å². The van der Waals surface area contributed by atoms with Crippen molar-refractivity contribution in [2.24, 2.45) is 0 Å². The van der Waals surface area contributed by atoms with Gasteiger partial charge >= 0.3 is 0 Å². The van der Waals surface area contributed by atoms with E-state index in [0.717, 1.165) is 45.3 Å². The van der Waals surface area contributed by atoms with Crippen LogP contribution in [0.1, 0.15) is 25.7 Å². The maximum absolute atomic E-state index is 12.1. The van der Waals surface area contributed by atoms with Crippen LogP contribution in [0.4, 0.5) is 0 Å². The zero-order valence-corrected chi connectivity index (χ0v) is 12.9. The Morgan fingerprint density at radius 2 is 1.78 bits per heavy atom. The van der Waals surface area contributed by atoms with Crippen LogP contribution in [0.25, 0.3) is 0 Å². The average molecular weight is 298 g/mol. The Morgan fingerprint density at radius 3 is 2.22 bits per heavy atom. The minimum atomic E-state index is 0. The molecule has 0 aliphatic carbocycles. The topological polar surface area (TPSA) is 35.6 Å². The van der Waals surface area contributed by atoms with Gasteiger partial charge in [0.1, 0.15) is 0 Å². The number of hydrogen-bond acceptors (Lipinski definition) is 3. The van der Waals surface area contributed by atoms with Gasteiger partial charge in [-0.05, 0) is 46.3 Å². The number of amides is 1. The highest BCUT2D eigenvalue weighted by Crippen LogP contribution is 2.17. The molecule has 4 nitrogen and oxygen atoms in total. The van der Waals surface area contributed by atoms with Gasteiger partial charge in [-0.25, -0.2) is 0 Å². The molecule has 0 spiro atoms. The van der Waals surface area contributed by atoms with Gasteiger partial charge in [0.2, 0.25) is 5.91 Å². The Bertz CT molecular complexity index is 250. The average Bonchev–Trinajstić information content (AvgIpc) is 2.81. The Kier molecular flexibility index (Phi) is 8.19. The van der Waals surface area contributed by atoms with E-state index in [4.69, 9.17) is 0 Å². The van der Waals surface area contributed by atoms with Gasteiger partial charge in [-0.3, -0.25) is 4.79 Å². The molecular formula is C12H25Cl2N3O. The monoisotopic (exact) mass is 297 g/mol. The molecular weight excluding hydrogens is 273 g/mol. The second-order valence-corrected chi connectivity index (χ2v) is 5.17. The molecule has 1 atom stereocenters. The standard InChI is InChI=1S/C12H23N3O.2ClH/c1-14(2)10-5-8-15(9-6-10)12(16)11-4-3-7-13-11;;/h10-11,13H,3-9H2,1-2H3;2*1H/t11-;;/m0../s1. The van der Waals surface area contributed by atoms with E-state index in [1.54, 1.807) is 0 Å². The Balaban J connectivity index is 0.00000144. The van der Waals surface area contributed by atoms with Gasteiger partial charge < -0.3 is 15.1 Å². The summed E-state index contributed by atoms with van der Waals surface area (Å²) >= 11 is 0. The molecule has 18 heavy (non-hydrogen) atoms. The van der Waals surface area contributed by atoms with Crippen LogP contribution in [-0.2, 0) is 4.79 Å². The van der Waals surface area contributed by atoms with Crippen LogP contribution in [0, 0.1) is 0 Å². The summed E-state index contributed by atoms with van der Waals surface area (Å²) in [7, 11) is 4.25. The summed E-state index contributed by atoms with van der Waals surface area (Å²) in [5.74, 6) is 0.328. The maximum atomic E-state index is 12.1. The largest absolute Gasteiger partial charge is 0.341 e. The lowest BCUT2D eigenvalue weighted by Crippen LogP contribution is -2.49. The highest BCUT2D eigenvalue weighted by atomic mass is 35.5. The predicted molar refractivity (Wildman–Crippen MR) is 78.8 cm³/mol. The molecule has 1 amide bonds. The molecule has 2 heterocycles. The first-order valence-corrected chi connectivity index (χ1v) is 6.37. The van der Waals surface area contributed by atoms with Crippen molar-refractivity contribution >= 4 is 30.7 Å². The first-order chi connectivity index (χ1) is 7.68. The summed E-state index contributed by atoms with van der Waals surface area (Å²) in [5.41, 5.74) is 0. The van der Waals surface area contributed by atoms with E-state index in [0.29, 0.717) is 11.9 Å². The van der Waals surface area contributed by atoms with Crippen molar-refractivity contribution in [3.63, 3.8) is 0 Å². The number of hydrogen-bond donors (Lipinski definition) is 1. The van der Waals surface area contributed by atoms with Crippen LogP contribution in [-0.4, -0.2) is 61.5 Å². The zero-order chi connectivity index (χ0) is 11.5. The molecule has 2 fully saturated rings. The minimum absolute atomic E-state index is 0. The normalized spacial score (nSPS) is 24.6. The van der Waals surface area contributed by atoms with Gasteiger partial charge in [-0.2, -0.15) is 0 Å². The first-order valence-electron chi connectivity index (χ1n) is 6.37. The summed E-state index contributed by atoms with van der Waals surface area (Å²) in [6, 6.07) is 0.761. The summed E-state index contributed by atoms with van der Waals surface area (Å²) in [6.07, 6.45) is 4.40. The lowest BCUT2D eigenvalue weighted by Gasteiger charge is -2.36. The Labute approximate surface area is 122 Å². The fraction of sp³-hybridized carbons (Fsp3) is 0.917. The molecule has 108 valence electrons. The number of halogens is 2. The fourth-order valence-electron chi connectivity index (χ4n) is 2.72. The molecule has 2 saturated heterocycles. The minimum Gasteiger partial charge on any atom is -0.341 e. The smallest absolute Gasteiger partial charge is 0.239 e. The molecule has 0 radical (unpaired) electrons. The summed E-state index contributed by atoms with van der Waals surface area (Å²) in [6.45, 7) is 2.87. The van der Waals surface area contributed by atoms with E-state index in [2.05, 4.69) is 24.3 Å². The summed E-state index contributed by atoms with van der Waals surface area (Å²) in [4.78, 5) is 16.4. The second kappa shape index (κ2) is 8.20. The number of nitrogens with one attached hydrogen (secondary N) is 1. The molecule has 2 aliphatic rings. The molecule has 0 aromatic rings. The van der Waals surface area contributed by atoms with Gasteiger partial charge in [-0.15, -0.1) is 24.8 Å². The van der Waals surface area contributed by atoms with Crippen LogP contribution in [0.5, 0.6) is 0 Å². The van der Waals surface area contributed by atoms with Crippen molar-refractivity contribution in [1.82, 2.24) is 15.1 Å². The van der Waals surface area contributed by atoms with Gasteiger partial charge in [0.15, 0.2) is 0 Å². The lowest BCUT2D eigenvalue weighted by atomic mass is 10.0. The quantitative estimate of drug-likeness (QED) is 0.830. The molecule has 6 heteroatoms. The molecule has 2 rings (SSSR count). The van der Waals surface area contributed by atoms with E-state index in [9.17, 15) is 4.79 Å². The van der Waals surface area contributed by atoms with Crippen molar-refractivity contribution in [3.8, 4) is 0 Å². The Morgan fingerprint density at radius 1 is 1.17 bits per heavy atom. The highest BCUT2D eigenvalue weighted by molar-refractivity contribution is 5.85. The molecule has 0 aromatic heterocycles.